The van der Waals surface area contributed by atoms with E-state index in [1.807, 2.05) is 4.90 Å². The van der Waals surface area contributed by atoms with Crippen LogP contribution in [0.3, 0.4) is 0 Å². The first-order chi connectivity index (χ1) is 16.4. The molecule has 3 rings (SSSR count). The van der Waals surface area contributed by atoms with Crippen LogP contribution in [0.1, 0.15) is 65.7 Å². The fourth-order valence-corrected chi connectivity index (χ4v) is 8.69. The fraction of sp³-hybridized carbons (Fsp3) is 0.808. The summed E-state index contributed by atoms with van der Waals surface area (Å²) in [6.45, 7) is 11.9. The highest BCUT2D eigenvalue weighted by atomic mass is 32.2. The van der Waals surface area contributed by atoms with Crippen molar-refractivity contribution in [1.82, 2.24) is 9.80 Å². The number of carbonyl (C=O) groups excluding carboxylic acids is 3. The number of hydrogen-bond donors (Lipinski definition) is 1. The van der Waals surface area contributed by atoms with Crippen LogP contribution in [0.15, 0.2) is 12.7 Å². The van der Waals surface area contributed by atoms with E-state index in [1.54, 1.807) is 29.7 Å². The Morgan fingerprint density at radius 3 is 2.68 bits per heavy atom. The van der Waals surface area contributed by atoms with Crippen LogP contribution in [0.4, 0.5) is 0 Å². The average molecular weight is 495 g/mol. The second-order valence-corrected chi connectivity index (χ2v) is 11.4. The number of carbonyl (C=O) groups is 3. The van der Waals surface area contributed by atoms with Gasteiger partial charge in [0.05, 0.1) is 23.2 Å². The topological polar surface area (TPSA) is 87.2 Å². The normalized spacial score (nSPS) is 31.6. The van der Waals surface area contributed by atoms with Crippen LogP contribution in [-0.2, 0) is 19.1 Å². The molecule has 3 heterocycles. The predicted molar refractivity (Wildman–Crippen MR) is 134 cm³/mol. The third-order valence-corrected chi connectivity index (χ3v) is 9.86. The molecule has 3 unspecified atom stereocenters. The SMILES string of the molecule is C=CCN(CCCCC)C(=O)C1N(CCCCCO)C(=O)[C@@H]2[C@@H](C(=O)OCC)[C@H]3CC(C)C12S3. The molecule has 34 heavy (non-hydrogen) atoms. The zero-order valence-corrected chi connectivity index (χ0v) is 21.9. The molecule has 0 radical (unpaired) electrons. The molecule has 1 spiro atoms. The van der Waals surface area contributed by atoms with Crippen LogP contribution >= 0.6 is 11.8 Å². The Bertz CT molecular complexity index is 761. The highest BCUT2D eigenvalue weighted by molar-refractivity contribution is 8.02. The average Bonchev–Trinajstić information content (AvgIpc) is 3.40. The van der Waals surface area contributed by atoms with Crippen LogP contribution in [0, 0.1) is 17.8 Å². The summed E-state index contributed by atoms with van der Waals surface area (Å²) in [5.74, 6) is -1.24. The highest BCUT2D eigenvalue weighted by Crippen LogP contribution is 2.68. The number of nitrogens with zero attached hydrogens (tertiary/aromatic N) is 2. The lowest BCUT2D eigenvalue weighted by atomic mass is 9.66. The van der Waals surface area contributed by atoms with E-state index in [-0.39, 0.29) is 42.2 Å². The first kappa shape index (κ1) is 27.1. The molecule has 3 aliphatic rings. The number of ether oxygens (including phenoxy) is 1. The Morgan fingerprint density at radius 1 is 1.26 bits per heavy atom. The summed E-state index contributed by atoms with van der Waals surface area (Å²) in [7, 11) is 0. The number of aliphatic hydroxyl groups is 1. The monoisotopic (exact) mass is 494 g/mol. The summed E-state index contributed by atoms with van der Waals surface area (Å²) in [6.07, 6.45) is 7.79. The Hall–Kier alpha value is -1.54. The molecule has 2 amide bonds. The zero-order valence-electron chi connectivity index (χ0n) is 21.0. The molecule has 192 valence electrons. The van der Waals surface area contributed by atoms with Gasteiger partial charge in [0, 0.05) is 31.5 Å². The number of aliphatic hydroxyl groups excluding tert-OH is 1. The van der Waals surface area contributed by atoms with Gasteiger partial charge in [0.1, 0.15) is 6.04 Å². The number of amides is 2. The van der Waals surface area contributed by atoms with Crippen molar-refractivity contribution in [2.24, 2.45) is 17.8 Å². The molecule has 6 atom stereocenters. The maximum absolute atomic E-state index is 14.2. The molecule has 3 aliphatic heterocycles. The minimum absolute atomic E-state index is 0.0153. The van der Waals surface area contributed by atoms with Crippen molar-refractivity contribution in [3.05, 3.63) is 12.7 Å². The predicted octanol–water partition coefficient (Wildman–Crippen LogP) is 3.25. The lowest BCUT2D eigenvalue weighted by molar-refractivity contribution is -0.154. The van der Waals surface area contributed by atoms with E-state index in [0.29, 0.717) is 26.1 Å². The molecule has 7 nitrogen and oxygen atoms in total. The van der Waals surface area contributed by atoms with Gasteiger partial charge in [-0.1, -0.05) is 32.8 Å². The summed E-state index contributed by atoms with van der Waals surface area (Å²) in [5, 5.41) is 9.19. The number of likely N-dealkylation sites (tertiary alicyclic amines) is 1. The third kappa shape index (κ3) is 4.77. The number of rotatable bonds is 14. The summed E-state index contributed by atoms with van der Waals surface area (Å²) in [6, 6.07) is -0.579. The number of fused-ring (bicyclic) bond motifs is 1. The van der Waals surface area contributed by atoms with Crippen molar-refractivity contribution in [1.29, 1.82) is 0 Å². The van der Waals surface area contributed by atoms with E-state index in [0.717, 1.165) is 38.5 Å². The molecule has 0 aromatic heterocycles. The quantitative estimate of drug-likeness (QED) is 0.227. The van der Waals surface area contributed by atoms with E-state index in [4.69, 9.17) is 4.74 Å². The minimum Gasteiger partial charge on any atom is -0.466 e. The van der Waals surface area contributed by atoms with Crippen LogP contribution in [0.5, 0.6) is 0 Å². The van der Waals surface area contributed by atoms with Gasteiger partial charge in [-0.2, -0.15) is 0 Å². The fourth-order valence-electron chi connectivity index (χ4n) is 6.29. The lowest BCUT2D eigenvalue weighted by Gasteiger charge is -2.40. The number of hydrogen-bond acceptors (Lipinski definition) is 6. The summed E-state index contributed by atoms with van der Waals surface area (Å²) in [4.78, 5) is 44.7. The van der Waals surface area contributed by atoms with Crippen molar-refractivity contribution in [2.75, 3.05) is 32.8 Å². The van der Waals surface area contributed by atoms with Crippen molar-refractivity contribution < 1.29 is 24.2 Å². The van der Waals surface area contributed by atoms with Crippen LogP contribution in [0.2, 0.25) is 0 Å². The number of esters is 1. The molecular formula is C26H42N2O5S. The smallest absolute Gasteiger partial charge is 0.310 e. The highest BCUT2D eigenvalue weighted by Gasteiger charge is 2.76. The summed E-state index contributed by atoms with van der Waals surface area (Å²) in [5.41, 5.74) is 0. The van der Waals surface area contributed by atoms with E-state index in [2.05, 4.69) is 20.4 Å². The van der Waals surface area contributed by atoms with Crippen LogP contribution in [0.25, 0.3) is 0 Å². The maximum Gasteiger partial charge on any atom is 0.310 e. The van der Waals surface area contributed by atoms with E-state index in [1.165, 1.54) is 0 Å². The van der Waals surface area contributed by atoms with E-state index >= 15 is 0 Å². The molecule has 0 aromatic carbocycles. The summed E-state index contributed by atoms with van der Waals surface area (Å²) < 4.78 is 4.80. The molecule has 3 fully saturated rings. The van der Waals surface area contributed by atoms with Crippen LogP contribution in [-0.4, -0.2) is 81.6 Å². The van der Waals surface area contributed by atoms with Gasteiger partial charge in [-0.25, -0.2) is 0 Å². The van der Waals surface area contributed by atoms with Gasteiger partial charge < -0.3 is 19.6 Å². The van der Waals surface area contributed by atoms with Crippen molar-refractivity contribution >= 4 is 29.5 Å². The molecule has 0 aliphatic carbocycles. The second kappa shape index (κ2) is 11.9. The molecule has 1 N–H and O–H groups in total. The van der Waals surface area contributed by atoms with Crippen LogP contribution < -0.4 is 0 Å². The Balaban J connectivity index is 1.97. The number of unbranched alkanes of at least 4 members (excludes halogenated alkanes) is 4. The Morgan fingerprint density at radius 2 is 2.03 bits per heavy atom. The molecule has 2 bridgehead atoms. The first-order valence-electron chi connectivity index (χ1n) is 13.0. The maximum atomic E-state index is 14.2. The third-order valence-electron chi connectivity index (χ3n) is 7.79. The van der Waals surface area contributed by atoms with Gasteiger partial charge in [0.15, 0.2) is 0 Å². The zero-order chi connectivity index (χ0) is 24.9. The minimum atomic E-state index is -0.600. The molecule has 0 aromatic rings. The number of thioether (sulfide) groups is 1. The summed E-state index contributed by atoms with van der Waals surface area (Å²) >= 11 is 1.69. The Labute approximate surface area is 208 Å². The van der Waals surface area contributed by atoms with Gasteiger partial charge in [-0.05, 0) is 44.9 Å². The lowest BCUT2D eigenvalue weighted by Crippen LogP contribution is -2.57. The van der Waals surface area contributed by atoms with Crippen molar-refractivity contribution in [2.45, 2.75) is 81.8 Å². The molecular weight excluding hydrogens is 452 g/mol. The van der Waals surface area contributed by atoms with E-state index < -0.39 is 22.6 Å². The standard InChI is InChI=1S/C26H42N2O5S/c1-5-8-10-14-27(13-6-2)24(31)22-26-18(4)17-19(34-26)20(25(32)33-7-3)21(26)23(30)28(22)15-11-9-12-16-29/h6,18-22,29H,2,5,7-17H2,1,3-4H3/t18?,19-,20+,21+,22?,26?/m1/s1. The molecule has 3 saturated heterocycles. The largest absolute Gasteiger partial charge is 0.466 e. The second-order valence-electron chi connectivity index (χ2n) is 9.90. The van der Waals surface area contributed by atoms with E-state index in [9.17, 15) is 19.5 Å². The van der Waals surface area contributed by atoms with Gasteiger partial charge >= 0.3 is 5.97 Å². The Kier molecular flexibility index (Phi) is 9.49. The van der Waals surface area contributed by atoms with Crippen molar-refractivity contribution in [3.63, 3.8) is 0 Å². The van der Waals surface area contributed by atoms with Gasteiger partial charge in [0.2, 0.25) is 11.8 Å². The first-order valence-corrected chi connectivity index (χ1v) is 13.9. The molecule has 8 heteroatoms. The van der Waals surface area contributed by atoms with Gasteiger partial charge in [0.25, 0.3) is 0 Å². The van der Waals surface area contributed by atoms with Gasteiger partial charge in [-0.15, -0.1) is 18.3 Å². The molecule has 0 saturated carbocycles. The van der Waals surface area contributed by atoms with Gasteiger partial charge in [-0.3, -0.25) is 14.4 Å². The van der Waals surface area contributed by atoms with Crippen molar-refractivity contribution in [3.8, 4) is 0 Å².